The third-order valence-electron chi connectivity index (χ3n) is 2.72. The molecule has 2 aliphatic rings. The van der Waals surface area contributed by atoms with Gasteiger partial charge in [0.05, 0.1) is 19.2 Å². The summed E-state index contributed by atoms with van der Waals surface area (Å²) in [4.78, 5) is 13.4. The molecule has 0 aromatic carbocycles. The van der Waals surface area contributed by atoms with Crippen molar-refractivity contribution in [3.05, 3.63) is 0 Å². The lowest BCUT2D eigenvalue weighted by Crippen LogP contribution is -2.45. The summed E-state index contributed by atoms with van der Waals surface area (Å²) in [5.74, 6) is 0.807. The molecular weight excluding hydrogens is 180 g/mol. The molecule has 0 aromatic rings. The highest BCUT2D eigenvalue weighted by Crippen LogP contribution is 2.33. The number of ether oxygens (including phenoxy) is 1. The summed E-state index contributed by atoms with van der Waals surface area (Å²) in [7, 11) is 0. The molecule has 1 aliphatic carbocycles. The van der Waals surface area contributed by atoms with Gasteiger partial charge in [0.1, 0.15) is 0 Å². The van der Waals surface area contributed by atoms with Crippen LogP contribution in [0.1, 0.15) is 19.3 Å². The van der Waals surface area contributed by atoms with Crippen LogP contribution in [0.3, 0.4) is 0 Å². The summed E-state index contributed by atoms with van der Waals surface area (Å²) in [5, 5.41) is 8.67. The third-order valence-corrected chi connectivity index (χ3v) is 2.72. The zero-order chi connectivity index (χ0) is 9.97. The second kappa shape index (κ2) is 3.97. The van der Waals surface area contributed by atoms with Gasteiger partial charge in [-0.05, 0) is 18.8 Å². The van der Waals surface area contributed by atoms with Gasteiger partial charge in [-0.25, -0.2) is 0 Å². The third kappa shape index (κ3) is 2.24. The first-order valence-electron chi connectivity index (χ1n) is 5.08. The molecule has 4 nitrogen and oxygen atoms in total. The number of nitrogens with zero attached hydrogens (tertiary/aromatic N) is 2. The molecule has 0 radical (unpaired) electrons. The summed E-state index contributed by atoms with van der Waals surface area (Å²) in [6, 6.07) is 2.04. The van der Waals surface area contributed by atoms with Crippen molar-refractivity contribution in [2.45, 2.75) is 25.4 Å². The van der Waals surface area contributed by atoms with Crippen molar-refractivity contribution in [2.24, 2.45) is 5.92 Å². The molecule has 1 saturated carbocycles. The Morgan fingerprint density at radius 2 is 2.36 bits per heavy atom. The van der Waals surface area contributed by atoms with Crippen LogP contribution in [0.15, 0.2) is 0 Å². The van der Waals surface area contributed by atoms with Crippen LogP contribution in [0.4, 0.5) is 0 Å². The fourth-order valence-electron chi connectivity index (χ4n) is 1.65. The van der Waals surface area contributed by atoms with Crippen LogP contribution in [-0.2, 0) is 9.53 Å². The minimum absolute atomic E-state index is 0.191. The van der Waals surface area contributed by atoms with Crippen molar-refractivity contribution in [2.75, 3.05) is 19.7 Å². The first-order chi connectivity index (χ1) is 6.79. The molecule has 0 spiro atoms. The summed E-state index contributed by atoms with van der Waals surface area (Å²) < 4.78 is 5.17. The first kappa shape index (κ1) is 9.47. The Morgan fingerprint density at radius 3 is 3.00 bits per heavy atom. The van der Waals surface area contributed by atoms with Crippen LogP contribution in [0, 0.1) is 17.2 Å². The lowest BCUT2D eigenvalue weighted by atomic mass is 10.2. The molecule has 76 valence electrons. The van der Waals surface area contributed by atoms with Gasteiger partial charge in [-0.15, -0.1) is 0 Å². The van der Waals surface area contributed by atoms with E-state index in [0.717, 1.165) is 0 Å². The number of carbonyl (C=O) groups excluding carboxylic acids is 1. The fourth-order valence-corrected chi connectivity index (χ4v) is 1.65. The molecule has 2 rings (SSSR count). The average molecular weight is 194 g/mol. The molecule has 1 aliphatic heterocycles. The number of hydrogen-bond acceptors (Lipinski definition) is 3. The molecule has 1 atom stereocenters. The number of hydrogen-bond donors (Lipinski definition) is 0. The van der Waals surface area contributed by atoms with Gasteiger partial charge in [-0.2, -0.15) is 5.26 Å². The van der Waals surface area contributed by atoms with E-state index < -0.39 is 6.10 Å². The molecule has 0 aromatic heterocycles. The van der Waals surface area contributed by atoms with Crippen molar-refractivity contribution >= 4 is 5.91 Å². The number of carbonyl (C=O) groups is 1. The smallest absolute Gasteiger partial charge is 0.223 e. The molecule has 0 bridgehead atoms. The van der Waals surface area contributed by atoms with Gasteiger partial charge >= 0.3 is 0 Å². The van der Waals surface area contributed by atoms with Gasteiger partial charge in [0.25, 0.3) is 0 Å². The minimum atomic E-state index is -0.424. The zero-order valence-electron chi connectivity index (χ0n) is 8.11. The normalized spacial score (nSPS) is 27.1. The molecular formula is C10H14N2O2. The Morgan fingerprint density at radius 1 is 1.57 bits per heavy atom. The number of amides is 1. The van der Waals surface area contributed by atoms with Crippen molar-refractivity contribution < 1.29 is 9.53 Å². The highest BCUT2D eigenvalue weighted by Gasteiger charge is 2.29. The van der Waals surface area contributed by atoms with E-state index in [2.05, 4.69) is 0 Å². The van der Waals surface area contributed by atoms with Gasteiger partial charge < -0.3 is 9.64 Å². The van der Waals surface area contributed by atoms with E-state index in [-0.39, 0.29) is 5.91 Å². The maximum absolute atomic E-state index is 11.7. The molecule has 1 unspecified atom stereocenters. The van der Waals surface area contributed by atoms with Gasteiger partial charge in [-0.3, -0.25) is 4.79 Å². The highest BCUT2D eigenvalue weighted by atomic mass is 16.5. The predicted octanol–water partition coefficient (Wildman–Crippen LogP) is 0.537. The van der Waals surface area contributed by atoms with E-state index in [1.54, 1.807) is 4.90 Å². The largest absolute Gasteiger partial charge is 0.360 e. The quantitative estimate of drug-likeness (QED) is 0.644. The Bertz CT molecular complexity index is 268. The highest BCUT2D eigenvalue weighted by molar-refractivity contribution is 5.76. The SMILES string of the molecule is N#CC1CN(C(=O)CC2CC2)CCO1. The molecule has 2 fully saturated rings. The Kier molecular flexibility index (Phi) is 2.69. The number of morpholine rings is 1. The van der Waals surface area contributed by atoms with Crippen LogP contribution >= 0.6 is 0 Å². The summed E-state index contributed by atoms with van der Waals surface area (Å²) in [5.41, 5.74) is 0. The number of nitriles is 1. The molecule has 1 saturated heterocycles. The standard InChI is InChI=1S/C10H14N2O2/c11-6-9-7-12(3-4-14-9)10(13)5-8-1-2-8/h8-9H,1-5,7H2. The topological polar surface area (TPSA) is 53.3 Å². The zero-order valence-corrected chi connectivity index (χ0v) is 8.11. The Balaban J connectivity index is 1.83. The van der Waals surface area contributed by atoms with Crippen molar-refractivity contribution in [3.8, 4) is 6.07 Å². The van der Waals surface area contributed by atoms with Gasteiger partial charge in [0.2, 0.25) is 5.91 Å². The molecule has 1 amide bonds. The molecule has 4 heteroatoms. The first-order valence-corrected chi connectivity index (χ1v) is 5.08. The van der Waals surface area contributed by atoms with Crippen LogP contribution in [-0.4, -0.2) is 36.6 Å². The second-order valence-electron chi connectivity index (χ2n) is 3.98. The van der Waals surface area contributed by atoms with E-state index >= 15 is 0 Å². The second-order valence-corrected chi connectivity index (χ2v) is 3.98. The van der Waals surface area contributed by atoms with Crippen LogP contribution in [0.5, 0.6) is 0 Å². The Hall–Kier alpha value is -1.08. The van der Waals surface area contributed by atoms with E-state index in [4.69, 9.17) is 10.00 Å². The van der Waals surface area contributed by atoms with Gasteiger partial charge in [-0.1, -0.05) is 0 Å². The van der Waals surface area contributed by atoms with Gasteiger partial charge in [0.15, 0.2) is 6.10 Å². The maximum Gasteiger partial charge on any atom is 0.223 e. The van der Waals surface area contributed by atoms with Crippen LogP contribution < -0.4 is 0 Å². The fraction of sp³-hybridized carbons (Fsp3) is 0.800. The van der Waals surface area contributed by atoms with Crippen molar-refractivity contribution in [1.82, 2.24) is 4.90 Å². The lowest BCUT2D eigenvalue weighted by Gasteiger charge is -2.29. The lowest BCUT2D eigenvalue weighted by molar-refractivity contribution is -0.137. The van der Waals surface area contributed by atoms with E-state index in [1.807, 2.05) is 6.07 Å². The molecule has 14 heavy (non-hydrogen) atoms. The van der Waals surface area contributed by atoms with E-state index in [1.165, 1.54) is 12.8 Å². The van der Waals surface area contributed by atoms with Crippen molar-refractivity contribution in [1.29, 1.82) is 5.26 Å². The summed E-state index contributed by atoms with van der Waals surface area (Å²) >= 11 is 0. The minimum Gasteiger partial charge on any atom is -0.360 e. The predicted molar refractivity (Wildman–Crippen MR) is 49.3 cm³/mol. The van der Waals surface area contributed by atoms with Crippen LogP contribution in [0.25, 0.3) is 0 Å². The molecule has 1 heterocycles. The summed E-state index contributed by atoms with van der Waals surface area (Å²) in [6.07, 6.45) is 2.63. The monoisotopic (exact) mass is 194 g/mol. The number of rotatable bonds is 2. The summed E-state index contributed by atoms with van der Waals surface area (Å²) in [6.45, 7) is 1.58. The van der Waals surface area contributed by atoms with Crippen molar-refractivity contribution in [3.63, 3.8) is 0 Å². The van der Waals surface area contributed by atoms with Crippen LogP contribution in [0.2, 0.25) is 0 Å². The average Bonchev–Trinajstić information content (AvgIpc) is 3.02. The molecule has 0 N–H and O–H groups in total. The van der Waals surface area contributed by atoms with E-state index in [0.29, 0.717) is 32.0 Å². The van der Waals surface area contributed by atoms with Gasteiger partial charge in [0, 0.05) is 13.0 Å². The maximum atomic E-state index is 11.7. The van der Waals surface area contributed by atoms with E-state index in [9.17, 15) is 4.79 Å². The Labute approximate surface area is 83.4 Å².